The molecule has 0 saturated carbocycles. The van der Waals surface area contributed by atoms with Gasteiger partial charge < -0.3 is 13.9 Å². The van der Waals surface area contributed by atoms with Gasteiger partial charge in [0.25, 0.3) is 0 Å². The summed E-state index contributed by atoms with van der Waals surface area (Å²) < 4.78 is 4.84. The Morgan fingerprint density at radius 1 is 0.439 bits per heavy atom. The van der Waals surface area contributed by atoms with Crippen molar-refractivity contribution < 1.29 is 0 Å². The first-order valence-electron chi connectivity index (χ1n) is 23.3. The Morgan fingerprint density at radius 3 is 1.45 bits per heavy atom. The fraction of sp³-hybridized carbons (Fsp3) is 0.0794. The summed E-state index contributed by atoms with van der Waals surface area (Å²) in [6, 6.07) is 76.5. The molecule has 1 unspecified atom stereocenters. The molecule has 0 bridgehead atoms. The average molecular weight is 844 g/mol. The Bertz CT molecular complexity index is 3830. The van der Waals surface area contributed by atoms with Crippen LogP contribution in [0.1, 0.15) is 31.4 Å². The zero-order valence-corrected chi connectivity index (χ0v) is 36.9. The molecule has 0 amide bonds. The highest BCUT2D eigenvalue weighted by Crippen LogP contribution is 2.55. The Kier molecular flexibility index (Phi) is 7.86. The van der Waals surface area contributed by atoms with Crippen molar-refractivity contribution in [2.75, 3.05) is 4.90 Å². The van der Waals surface area contributed by atoms with Crippen LogP contribution >= 0.6 is 0 Å². The molecule has 0 fully saturated rings. The van der Waals surface area contributed by atoms with Crippen LogP contribution in [0.2, 0.25) is 0 Å². The van der Waals surface area contributed by atoms with Gasteiger partial charge in [-0.1, -0.05) is 153 Å². The van der Waals surface area contributed by atoms with Gasteiger partial charge in [-0.05, 0) is 136 Å². The van der Waals surface area contributed by atoms with Crippen molar-refractivity contribution in [1.82, 2.24) is 8.97 Å². The minimum Gasteiger partial charge on any atom is -0.314 e. The van der Waals surface area contributed by atoms with Crippen LogP contribution in [0, 0.1) is 5.92 Å². The SMILES string of the molecule is CC1(C)c2ccccc2C2=CC=C(N(c3ccc(-c4ccc(-n5c6ccccc6c6ccccc65)cc4)cc3)c3ccc(-c4cc5c6ccccc6n6c7ccccc7c(c4)c56)cc3)CC21. The third-order valence-electron chi connectivity index (χ3n) is 15.2. The van der Waals surface area contributed by atoms with Gasteiger partial charge >= 0.3 is 0 Å². The van der Waals surface area contributed by atoms with E-state index in [0.717, 1.165) is 23.5 Å². The van der Waals surface area contributed by atoms with Gasteiger partial charge in [-0.3, -0.25) is 0 Å². The molecule has 0 N–H and O–H groups in total. The standard InChI is InChI=1S/C63H45N3/c1-63(2)56-18-8-3-13-48(56)49-36-35-47(39-57(49)63)64(44-29-23-40(24-30-44)41-25-33-46(34-26-41)65-58-19-9-4-14-50(58)51-15-5-10-20-59(51)65)45-31-27-42(28-32-45)43-37-54-52-16-6-11-21-60(52)66-61-22-12-7-17-53(61)55(38-43)62(54)66/h3-38,57H,39H2,1-2H3. The predicted octanol–water partition coefficient (Wildman–Crippen LogP) is 16.7. The van der Waals surface area contributed by atoms with Crippen LogP contribution in [-0.2, 0) is 5.41 Å². The van der Waals surface area contributed by atoms with Gasteiger partial charge in [-0.15, -0.1) is 0 Å². The molecule has 0 saturated heterocycles. The molecule has 3 aromatic heterocycles. The van der Waals surface area contributed by atoms with Crippen molar-refractivity contribution in [3.05, 3.63) is 235 Å². The number of benzene rings is 9. The summed E-state index contributed by atoms with van der Waals surface area (Å²) in [5.74, 6) is 0.383. The molecule has 0 radical (unpaired) electrons. The second kappa shape index (κ2) is 13.9. The van der Waals surface area contributed by atoms with E-state index in [4.69, 9.17) is 0 Å². The Morgan fingerprint density at radius 2 is 0.894 bits per heavy atom. The first-order valence-corrected chi connectivity index (χ1v) is 23.3. The third-order valence-corrected chi connectivity index (χ3v) is 15.2. The quantitative estimate of drug-likeness (QED) is 0.162. The van der Waals surface area contributed by atoms with Crippen molar-refractivity contribution in [2.45, 2.75) is 25.7 Å². The number of hydrogen-bond donors (Lipinski definition) is 0. The monoisotopic (exact) mass is 843 g/mol. The van der Waals surface area contributed by atoms with E-state index in [9.17, 15) is 0 Å². The van der Waals surface area contributed by atoms with E-state index in [-0.39, 0.29) is 5.41 Å². The van der Waals surface area contributed by atoms with E-state index in [1.165, 1.54) is 105 Å². The highest BCUT2D eigenvalue weighted by Gasteiger charge is 2.44. The first kappa shape index (κ1) is 37.3. The Hall–Kier alpha value is -8.14. The number of hydrogen-bond acceptors (Lipinski definition) is 1. The largest absolute Gasteiger partial charge is 0.314 e. The molecule has 12 aromatic rings. The average Bonchev–Trinajstić information content (AvgIpc) is 4.07. The molecule has 3 nitrogen and oxygen atoms in total. The summed E-state index contributed by atoms with van der Waals surface area (Å²) in [6.45, 7) is 4.86. The summed E-state index contributed by atoms with van der Waals surface area (Å²) in [5.41, 5.74) is 20.2. The molecule has 3 heterocycles. The van der Waals surface area contributed by atoms with Crippen LogP contribution in [-0.4, -0.2) is 8.97 Å². The van der Waals surface area contributed by atoms with E-state index in [2.05, 4.69) is 246 Å². The lowest BCUT2D eigenvalue weighted by atomic mass is 9.74. The lowest BCUT2D eigenvalue weighted by molar-refractivity contribution is 0.406. The van der Waals surface area contributed by atoms with Gasteiger partial charge in [-0.25, -0.2) is 0 Å². The Balaban J connectivity index is 0.852. The summed E-state index contributed by atoms with van der Waals surface area (Å²) in [5, 5.41) is 7.75. The summed E-state index contributed by atoms with van der Waals surface area (Å²) in [6.07, 6.45) is 5.73. The lowest BCUT2D eigenvalue weighted by Gasteiger charge is -2.36. The summed E-state index contributed by atoms with van der Waals surface area (Å²) >= 11 is 0. The molecule has 2 aliphatic rings. The molecule has 14 rings (SSSR count). The van der Waals surface area contributed by atoms with E-state index in [0.29, 0.717) is 5.92 Å². The topological polar surface area (TPSA) is 12.6 Å². The predicted molar refractivity (Wildman–Crippen MR) is 279 cm³/mol. The van der Waals surface area contributed by atoms with Gasteiger partial charge in [0.15, 0.2) is 0 Å². The molecule has 0 aliphatic heterocycles. The van der Waals surface area contributed by atoms with Crippen molar-refractivity contribution in [3.63, 3.8) is 0 Å². The summed E-state index contributed by atoms with van der Waals surface area (Å²) in [7, 11) is 0. The van der Waals surface area contributed by atoms with Crippen molar-refractivity contribution in [3.8, 4) is 27.9 Å². The maximum Gasteiger partial charge on any atom is 0.0620 e. The normalized spacial score (nSPS) is 15.5. The summed E-state index contributed by atoms with van der Waals surface area (Å²) in [4.78, 5) is 2.50. The maximum absolute atomic E-state index is 2.50. The van der Waals surface area contributed by atoms with Gasteiger partial charge in [0.1, 0.15) is 0 Å². The lowest BCUT2D eigenvalue weighted by Crippen LogP contribution is -2.28. The number of rotatable bonds is 6. The number of nitrogens with zero attached hydrogens (tertiary/aromatic N) is 3. The van der Waals surface area contributed by atoms with Crippen LogP contribution in [0.15, 0.2) is 224 Å². The van der Waals surface area contributed by atoms with Crippen LogP contribution in [0.25, 0.3) is 93.4 Å². The number of aromatic nitrogens is 2. The molecular weight excluding hydrogens is 799 g/mol. The minimum absolute atomic E-state index is 0.0223. The molecular formula is C63H45N3. The molecule has 2 aliphatic carbocycles. The second-order valence-corrected chi connectivity index (χ2v) is 18.9. The van der Waals surface area contributed by atoms with E-state index >= 15 is 0 Å². The number of fused-ring (bicyclic) bond motifs is 12. The molecule has 66 heavy (non-hydrogen) atoms. The van der Waals surface area contributed by atoms with Gasteiger partial charge in [0, 0.05) is 55.1 Å². The number of para-hydroxylation sites is 4. The first-order chi connectivity index (χ1) is 32.5. The molecule has 1 atom stereocenters. The fourth-order valence-corrected chi connectivity index (χ4v) is 12.0. The smallest absolute Gasteiger partial charge is 0.0620 e. The van der Waals surface area contributed by atoms with E-state index in [1.54, 1.807) is 0 Å². The van der Waals surface area contributed by atoms with Gasteiger partial charge in [0.05, 0.1) is 27.6 Å². The van der Waals surface area contributed by atoms with Crippen LogP contribution in [0.3, 0.4) is 0 Å². The number of anilines is 2. The second-order valence-electron chi connectivity index (χ2n) is 18.9. The molecule has 0 spiro atoms. The maximum atomic E-state index is 2.50. The van der Waals surface area contributed by atoms with Gasteiger partial charge in [0.2, 0.25) is 0 Å². The highest BCUT2D eigenvalue weighted by molar-refractivity contribution is 6.24. The number of allylic oxidation sites excluding steroid dienone is 4. The van der Waals surface area contributed by atoms with Crippen molar-refractivity contribution >= 4 is 76.8 Å². The highest BCUT2D eigenvalue weighted by atomic mass is 15.1. The van der Waals surface area contributed by atoms with Gasteiger partial charge in [-0.2, -0.15) is 0 Å². The van der Waals surface area contributed by atoms with Crippen molar-refractivity contribution in [2.24, 2.45) is 5.92 Å². The van der Waals surface area contributed by atoms with Crippen molar-refractivity contribution in [1.29, 1.82) is 0 Å². The van der Waals surface area contributed by atoms with Crippen LogP contribution < -0.4 is 4.90 Å². The minimum atomic E-state index is 0.0223. The molecule has 312 valence electrons. The van der Waals surface area contributed by atoms with Crippen LogP contribution in [0.4, 0.5) is 11.4 Å². The third kappa shape index (κ3) is 5.31. The van der Waals surface area contributed by atoms with Crippen LogP contribution in [0.5, 0.6) is 0 Å². The van der Waals surface area contributed by atoms with E-state index in [1.807, 2.05) is 0 Å². The molecule has 9 aromatic carbocycles. The zero-order chi connectivity index (χ0) is 43.7. The molecule has 3 heteroatoms. The van der Waals surface area contributed by atoms with E-state index < -0.39 is 0 Å². The Labute approximate surface area is 383 Å². The zero-order valence-electron chi connectivity index (χ0n) is 36.9. The fourth-order valence-electron chi connectivity index (χ4n) is 12.0.